The fourth-order valence-corrected chi connectivity index (χ4v) is 4.30. The summed E-state index contributed by atoms with van der Waals surface area (Å²) in [6, 6.07) is 0. The standard InChI is InChI=1S/C32H60O4/c1-3-5-7-9-21-25-29-35-31(33)27-23-19-17-15-13-11-12-14-16-18-20-24-28-32(34)36-30-26-22-10-8-6-4-2/h15,17H,3-14,16,18-30H2,1-2H3/b17-15+. The van der Waals surface area contributed by atoms with Crippen molar-refractivity contribution in [1.82, 2.24) is 0 Å². The number of hydrogen-bond acceptors (Lipinski definition) is 4. The van der Waals surface area contributed by atoms with Crippen LogP contribution in [0, 0.1) is 0 Å². The molecule has 212 valence electrons. The van der Waals surface area contributed by atoms with E-state index >= 15 is 0 Å². The lowest BCUT2D eigenvalue weighted by molar-refractivity contribution is -0.144. The first-order valence-electron chi connectivity index (χ1n) is 15.7. The number of carbonyl (C=O) groups is 2. The Morgan fingerprint density at radius 1 is 0.444 bits per heavy atom. The van der Waals surface area contributed by atoms with Crippen molar-refractivity contribution >= 4 is 11.9 Å². The highest BCUT2D eigenvalue weighted by Crippen LogP contribution is 2.11. The van der Waals surface area contributed by atoms with Crippen molar-refractivity contribution in [2.45, 2.75) is 168 Å². The Bertz CT molecular complexity index is 500. The Kier molecular flexibility index (Phi) is 28.8. The Hall–Kier alpha value is -1.32. The molecule has 0 saturated heterocycles. The molecule has 0 saturated carbocycles. The van der Waals surface area contributed by atoms with Gasteiger partial charge in [0.2, 0.25) is 0 Å². The van der Waals surface area contributed by atoms with Crippen LogP contribution >= 0.6 is 0 Å². The Labute approximate surface area is 224 Å². The number of allylic oxidation sites excluding steroid dienone is 2. The molecule has 0 unspecified atom stereocenters. The zero-order chi connectivity index (χ0) is 26.4. The van der Waals surface area contributed by atoms with E-state index in [-0.39, 0.29) is 11.9 Å². The minimum Gasteiger partial charge on any atom is -0.466 e. The average Bonchev–Trinajstić information content (AvgIpc) is 2.87. The van der Waals surface area contributed by atoms with Crippen molar-refractivity contribution in [2.24, 2.45) is 0 Å². The fourth-order valence-electron chi connectivity index (χ4n) is 4.30. The molecule has 0 atom stereocenters. The molecule has 0 bridgehead atoms. The predicted octanol–water partition coefficient (Wildman–Crippen LogP) is 10.0. The minimum absolute atomic E-state index is 0.0135. The number of rotatable bonds is 28. The van der Waals surface area contributed by atoms with Crippen molar-refractivity contribution < 1.29 is 19.1 Å². The Balaban J connectivity index is 3.28. The largest absolute Gasteiger partial charge is 0.466 e. The van der Waals surface area contributed by atoms with Crippen LogP contribution in [-0.2, 0) is 19.1 Å². The summed E-state index contributed by atoms with van der Waals surface area (Å²) in [5, 5.41) is 0. The highest BCUT2D eigenvalue weighted by atomic mass is 16.5. The van der Waals surface area contributed by atoms with E-state index in [2.05, 4.69) is 26.0 Å². The van der Waals surface area contributed by atoms with Crippen LogP contribution in [0.5, 0.6) is 0 Å². The lowest BCUT2D eigenvalue weighted by atomic mass is 10.1. The molecule has 0 rings (SSSR count). The van der Waals surface area contributed by atoms with Gasteiger partial charge in [0.05, 0.1) is 13.2 Å². The molecule has 0 aromatic heterocycles. The van der Waals surface area contributed by atoms with Gasteiger partial charge >= 0.3 is 11.9 Å². The third-order valence-corrected chi connectivity index (χ3v) is 6.69. The molecule has 36 heavy (non-hydrogen) atoms. The van der Waals surface area contributed by atoms with Gasteiger partial charge in [-0.2, -0.15) is 0 Å². The number of hydrogen-bond donors (Lipinski definition) is 0. The van der Waals surface area contributed by atoms with E-state index in [1.807, 2.05) is 0 Å². The summed E-state index contributed by atoms with van der Waals surface area (Å²) in [7, 11) is 0. The van der Waals surface area contributed by atoms with Crippen molar-refractivity contribution in [3.63, 3.8) is 0 Å². The number of ether oxygens (including phenoxy) is 2. The van der Waals surface area contributed by atoms with E-state index in [0.29, 0.717) is 26.1 Å². The summed E-state index contributed by atoms with van der Waals surface area (Å²) in [6.07, 6.45) is 31.6. The van der Waals surface area contributed by atoms with E-state index < -0.39 is 0 Å². The first-order chi connectivity index (χ1) is 17.7. The van der Waals surface area contributed by atoms with Gasteiger partial charge in [-0.1, -0.05) is 122 Å². The van der Waals surface area contributed by atoms with Gasteiger partial charge in [-0.05, 0) is 44.9 Å². The molecule has 0 aliphatic rings. The average molecular weight is 509 g/mol. The quantitative estimate of drug-likeness (QED) is 0.0599. The maximum absolute atomic E-state index is 11.8. The molecule has 4 heteroatoms. The molecular weight excluding hydrogens is 448 g/mol. The summed E-state index contributed by atoms with van der Waals surface area (Å²) in [5.41, 5.74) is 0. The highest BCUT2D eigenvalue weighted by Gasteiger charge is 2.03. The van der Waals surface area contributed by atoms with E-state index in [1.54, 1.807) is 0 Å². The zero-order valence-electron chi connectivity index (χ0n) is 24.2. The van der Waals surface area contributed by atoms with Crippen molar-refractivity contribution in [2.75, 3.05) is 13.2 Å². The van der Waals surface area contributed by atoms with E-state index in [0.717, 1.165) is 44.9 Å². The van der Waals surface area contributed by atoms with Crippen LogP contribution in [0.2, 0.25) is 0 Å². The van der Waals surface area contributed by atoms with E-state index in [4.69, 9.17) is 9.47 Å². The summed E-state index contributed by atoms with van der Waals surface area (Å²) in [4.78, 5) is 23.5. The normalized spacial score (nSPS) is 11.3. The molecule has 0 aromatic rings. The summed E-state index contributed by atoms with van der Waals surface area (Å²) < 4.78 is 10.6. The SMILES string of the molecule is CCCCCCCCOC(=O)CCC/C=C/CCCCCCCCCC(=O)OCCCCCCCC. The lowest BCUT2D eigenvalue weighted by Crippen LogP contribution is -2.05. The van der Waals surface area contributed by atoms with E-state index in [1.165, 1.54) is 96.3 Å². The first-order valence-corrected chi connectivity index (χ1v) is 15.7. The maximum atomic E-state index is 11.8. The molecule has 0 aromatic carbocycles. The smallest absolute Gasteiger partial charge is 0.305 e. The lowest BCUT2D eigenvalue weighted by Gasteiger charge is -2.05. The van der Waals surface area contributed by atoms with Crippen LogP contribution in [0.3, 0.4) is 0 Å². The Morgan fingerprint density at radius 2 is 0.806 bits per heavy atom. The molecule has 0 N–H and O–H groups in total. The molecule has 0 aliphatic carbocycles. The third kappa shape index (κ3) is 28.9. The second-order valence-corrected chi connectivity index (χ2v) is 10.4. The molecular formula is C32H60O4. The van der Waals surface area contributed by atoms with Gasteiger partial charge in [0.25, 0.3) is 0 Å². The molecule has 0 radical (unpaired) electrons. The highest BCUT2D eigenvalue weighted by molar-refractivity contribution is 5.69. The predicted molar refractivity (Wildman–Crippen MR) is 153 cm³/mol. The number of carbonyl (C=O) groups excluding carboxylic acids is 2. The number of unbranched alkanes of at least 4 members (excludes halogenated alkanes) is 18. The summed E-state index contributed by atoms with van der Waals surface area (Å²) in [5.74, 6) is -0.0533. The monoisotopic (exact) mass is 508 g/mol. The Morgan fingerprint density at radius 3 is 1.31 bits per heavy atom. The topological polar surface area (TPSA) is 52.6 Å². The van der Waals surface area contributed by atoms with Gasteiger partial charge in [-0.3, -0.25) is 9.59 Å². The van der Waals surface area contributed by atoms with Gasteiger partial charge in [0.1, 0.15) is 0 Å². The minimum atomic E-state index is -0.0398. The van der Waals surface area contributed by atoms with E-state index in [9.17, 15) is 9.59 Å². The van der Waals surface area contributed by atoms with Crippen LogP contribution < -0.4 is 0 Å². The molecule has 0 aliphatic heterocycles. The van der Waals surface area contributed by atoms with Gasteiger partial charge in [-0.25, -0.2) is 0 Å². The first kappa shape index (κ1) is 34.7. The second-order valence-electron chi connectivity index (χ2n) is 10.4. The van der Waals surface area contributed by atoms with Gasteiger partial charge in [-0.15, -0.1) is 0 Å². The molecule has 0 amide bonds. The van der Waals surface area contributed by atoms with Gasteiger partial charge in [0.15, 0.2) is 0 Å². The third-order valence-electron chi connectivity index (χ3n) is 6.69. The van der Waals surface area contributed by atoms with Crippen molar-refractivity contribution in [3.05, 3.63) is 12.2 Å². The zero-order valence-corrected chi connectivity index (χ0v) is 24.2. The van der Waals surface area contributed by atoms with Crippen molar-refractivity contribution in [3.8, 4) is 0 Å². The van der Waals surface area contributed by atoms with Crippen LogP contribution in [-0.4, -0.2) is 25.2 Å². The second kappa shape index (κ2) is 29.9. The summed E-state index contributed by atoms with van der Waals surface area (Å²) >= 11 is 0. The van der Waals surface area contributed by atoms with Crippen LogP contribution in [0.4, 0.5) is 0 Å². The molecule has 0 fully saturated rings. The summed E-state index contributed by atoms with van der Waals surface area (Å²) in [6.45, 7) is 5.64. The molecule has 0 spiro atoms. The van der Waals surface area contributed by atoms with Crippen molar-refractivity contribution in [1.29, 1.82) is 0 Å². The van der Waals surface area contributed by atoms with Crippen LogP contribution in [0.1, 0.15) is 168 Å². The van der Waals surface area contributed by atoms with Gasteiger partial charge in [0, 0.05) is 12.8 Å². The van der Waals surface area contributed by atoms with Crippen LogP contribution in [0.15, 0.2) is 12.2 Å². The van der Waals surface area contributed by atoms with Gasteiger partial charge < -0.3 is 9.47 Å². The molecule has 4 nitrogen and oxygen atoms in total. The number of esters is 2. The van der Waals surface area contributed by atoms with Crippen LogP contribution in [0.25, 0.3) is 0 Å². The maximum Gasteiger partial charge on any atom is 0.305 e. The fraction of sp³-hybridized carbons (Fsp3) is 0.875. The molecule has 0 heterocycles.